The Morgan fingerprint density at radius 3 is 2.50 bits per heavy atom. The standard InChI is InChI=1S/C40H48ClN5O7S/c1-40(2)14-11-29(34(24-40)28-7-9-30(41)10-8-28)25-44-15-17-45(18-16-44)35-6-4-3-5-33(35)39(47)43-54(50,51)32-22-36(46(48)49)38-37(23-32)53-26-31(42-38)21-27-12-19-52-20-13-27/h3-10,22-23,27,31,42H,11-21,24-26H2,1-2H3,(H,43,47). The number of hydrogen-bond acceptors (Lipinski definition) is 10. The Morgan fingerprint density at radius 1 is 1.06 bits per heavy atom. The highest BCUT2D eigenvalue weighted by Gasteiger charge is 2.34. The number of halogens is 1. The van der Waals surface area contributed by atoms with Crippen molar-refractivity contribution in [3.05, 3.63) is 92.5 Å². The van der Waals surface area contributed by atoms with E-state index < -0.39 is 31.4 Å². The van der Waals surface area contributed by atoms with Crippen LogP contribution < -0.4 is 19.7 Å². The summed E-state index contributed by atoms with van der Waals surface area (Å²) in [6.45, 7) is 9.98. The molecule has 2 saturated heterocycles. The van der Waals surface area contributed by atoms with E-state index in [-0.39, 0.29) is 35.1 Å². The van der Waals surface area contributed by atoms with Gasteiger partial charge in [-0.2, -0.15) is 0 Å². The van der Waals surface area contributed by atoms with Gasteiger partial charge in [0.25, 0.3) is 21.6 Å². The average Bonchev–Trinajstić information content (AvgIpc) is 3.16. The van der Waals surface area contributed by atoms with E-state index in [0.29, 0.717) is 37.9 Å². The number of piperazine rings is 1. The summed E-state index contributed by atoms with van der Waals surface area (Å²) in [6, 6.07) is 17.1. The molecule has 0 radical (unpaired) electrons. The predicted molar refractivity (Wildman–Crippen MR) is 210 cm³/mol. The topological polar surface area (TPSA) is 143 Å². The van der Waals surface area contributed by atoms with Crippen LogP contribution in [0.4, 0.5) is 17.1 Å². The highest BCUT2D eigenvalue weighted by molar-refractivity contribution is 7.90. The number of fused-ring (bicyclic) bond motifs is 1. The molecule has 3 aromatic carbocycles. The molecule has 1 atom stereocenters. The third kappa shape index (κ3) is 8.70. The lowest BCUT2D eigenvalue weighted by Gasteiger charge is -2.39. The maximum absolute atomic E-state index is 13.7. The van der Waals surface area contributed by atoms with Crippen LogP contribution in [0.1, 0.15) is 68.3 Å². The Morgan fingerprint density at radius 2 is 1.78 bits per heavy atom. The summed E-state index contributed by atoms with van der Waals surface area (Å²) in [7, 11) is -4.51. The fraction of sp³-hybridized carbons (Fsp3) is 0.475. The molecular weight excluding hydrogens is 730 g/mol. The number of nitro groups is 1. The number of amides is 1. The fourth-order valence-electron chi connectivity index (χ4n) is 8.14. The van der Waals surface area contributed by atoms with Gasteiger partial charge in [0.1, 0.15) is 6.61 Å². The van der Waals surface area contributed by atoms with Crippen molar-refractivity contribution >= 4 is 50.2 Å². The molecular formula is C40H48ClN5O7S. The molecule has 288 valence electrons. The summed E-state index contributed by atoms with van der Waals surface area (Å²) in [4.78, 5) is 29.3. The van der Waals surface area contributed by atoms with Crippen molar-refractivity contribution in [2.45, 2.75) is 63.3 Å². The number of rotatable bonds is 10. The number of nitro benzene ring substituents is 1. The minimum Gasteiger partial charge on any atom is -0.489 e. The van der Waals surface area contributed by atoms with E-state index in [2.05, 4.69) is 45.8 Å². The van der Waals surface area contributed by atoms with Crippen LogP contribution >= 0.6 is 11.6 Å². The second-order valence-electron chi connectivity index (χ2n) is 15.7. The molecule has 4 aliphatic rings. The summed E-state index contributed by atoms with van der Waals surface area (Å²) in [5.74, 6) is -0.346. The van der Waals surface area contributed by atoms with Crippen molar-refractivity contribution in [2.24, 2.45) is 11.3 Å². The molecule has 14 heteroatoms. The number of hydrogen-bond donors (Lipinski definition) is 2. The number of para-hydroxylation sites is 1. The Bertz CT molecular complexity index is 2020. The third-order valence-electron chi connectivity index (χ3n) is 11.2. The van der Waals surface area contributed by atoms with Crippen LogP contribution in [0, 0.1) is 21.4 Å². The number of nitrogens with zero attached hydrogens (tertiary/aromatic N) is 3. The first-order valence-corrected chi connectivity index (χ1v) is 20.6. The van der Waals surface area contributed by atoms with Gasteiger partial charge in [-0.15, -0.1) is 0 Å². The van der Waals surface area contributed by atoms with E-state index in [1.54, 1.807) is 12.1 Å². The molecule has 7 rings (SSSR count). The monoisotopic (exact) mass is 777 g/mol. The molecule has 3 heterocycles. The second kappa shape index (κ2) is 15.9. The molecule has 0 spiro atoms. The van der Waals surface area contributed by atoms with Crippen LogP contribution in [0.15, 0.2) is 71.1 Å². The van der Waals surface area contributed by atoms with Gasteiger partial charge in [-0.3, -0.25) is 19.8 Å². The quantitative estimate of drug-likeness (QED) is 0.161. The van der Waals surface area contributed by atoms with Crippen molar-refractivity contribution < 1.29 is 27.6 Å². The van der Waals surface area contributed by atoms with Crippen molar-refractivity contribution in [1.82, 2.24) is 9.62 Å². The number of benzene rings is 3. The smallest absolute Gasteiger partial charge is 0.297 e. The molecule has 3 aromatic rings. The first-order valence-electron chi connectivity index (χ1n) is 18.7. The van der Waals surface area contributed by atoms with E-state index in [1.165, 1.54) is 22.8 Å². The highest BCUT2D eigenvalue weighted by Crippen LogP contribution is 2.44. The van der Waals surface area contributed by atoms with Gasteiger partial charge in [-0.05, 0) is 85.3 Å². The lowest BCUT2D eigenvalue weighted by molar-refractivity contribution is -0.384. The summed E-state index contributed by atoms with van der Waals surface area (Å²) in [5.41, 5.74) is 4.85. The molecule has 0 bridgehead atoms. The highest BCUT2D eigenvalue weighted by atomic mass is 35.5. The van der Waals surface area contributed by atoms with Crippen LogP contribution in [0.3, 0.4) is 0 Å². The van der Waals surface area contributed by atoms with Crippen LogP contribution in [0.25, 0.3) is 5.57 Å². The van der Waals surface area contributed by atoms with Gasteiger partial charge in [0.05, 0.1) is 21.4 Å². The Balaban J connectivity index is 1.03. The lowest BCUT2D eigenvalue weighted by atomic mass is 9.72. The van der Waals surface area contributed by atoms with Crippen LogP contribution in [0.2, 0.25) is 5.02 Å². The number of anilines is 2. The average molecular weight is 778 g/mol. The van der Waals surface area contributed by atoms with Crippen molar-refractivity contribution in [3.8, 4) is 5.75 Å². The van der Waals surface area contributed by atoms with Crippen molar-refractivity contribution in [2.75, 3.05) is 62.8 Å². The van der Waals surface area contributed by atoms with E-state index in [4.69, 9.17) is 21.1 Å². The SMILES string of the molecule is CC1(C)CCC(CN2CCN(c3ccccc3C(=O)NS(=O)(=O)c3cc4c(c([N+](=O)[O-])c3)NC(CC3CCOCC3)CO4)CC2)=C(c2ccc(Cl)cc2)C1. The number of ether oxygens (including phenoxy) is 2. The largest absolute Gasteiger partial charge is 0.489 e. The molecule has 2 fully saturated rings. The fourth-order valence-corrected chi connectivity index (χ4v) is 9.27. The zero-order chi connectivity index (χ0) is 38.0. The zero-order valence-corrected chi connectivity index (χ0v) is 32.4. The summed E-state index contributed by atoms with van der Waals surface area (Å²) in [6.07, 6.45) is 5.75. The second-order valence-corrected chi connectivity index (χ2v) is 17.8. The van der Waals surface area contributed by atoms with Crippen molar-refractivity contribution in [1.29, 1.82) is 0 Å². The molecule has 3 aliphatic heterocycles. The summed E-state index contributed by atoms with van der Waals surface area (Å²) >= 11 is 6.20. The van der Waals surface area contributed by atoms with Crippen molar-refractivity contribution in [3.63, 3.8) is 0 Å². The number of allylic oxidation sites excluding steroid dienone is 1. The minimum absolute atomic E-state index is 0.0616. The molecule has 1 aliphatic carbocycles. The maximum Gasteiger partial charge on any atom is 0.297 e. The molecule has 12 nitrogen and oxygen atoms in total. The number of carbonyl (C=O) groups excluding carboxylic acids is 1. The van der Waals surface area contributed by atoms with Gasteiger partial charge in [0.2, 0.25) is 0 Å². The van der Waals surface area contributed by atoms with Gasteiger partial charge in [-0.25, -0.2) is 13.1 Å². The van der Waals surface area contributed by atoms with E-state index in [0.717, 1.165) is 69.2 Å². The van der Waals surface area contributed by atoms with Crippen LogP contribution in [-0.4, -0.2) is 82.7 Å². The van der Waals surface area contributed by atoms with Gasteiger partial charge in [0, 0.05) is 68.8 Å². The molecule has 2 N–H and O–H groups in total. The van der Waals surface area contributed by atoms with Gasteiger partial charge in [-0.1, -0.05) is 55.3 Å². The Hall–Kier alpha value is -4.17. The first-order chi connectivity index (χ1) is 25.8. The molecule has 0 saturated carbocycles. The van der Waals surface area contributed by atoms with E-state index in [1.807, 2.05) is 24.3 Å². The summed E-state index contributed by atoms with van der Waals surface area (Å²) in [5, 5.41) is 16.1. The third-order valence-corrected chi connectivity index (χ3v) is 12.8. The van der Waals surface area contributed by atoms with Gasteiger partial charge in [0.15, 0.2) is 11.4 Å². The van der Waals surface area contributed by atoms with E-state index in [9.17, 15) is 23.3 Å². The van der Waals surface area contributed by atoms with E-state index >= 15 is 0 Å². The zero-order valence-electron chi connectivity index (χ0n) is 30.8. The van der Waals surface area contributed by atoms with Gasteiger partial charge < -0.3 is 19.7 Å². The number of carbonyl (C=O) groups is 1. The first kappa shape index (κ1) is 38.1. The van der Waals surface area contributed by atoms with Crippen LogP contribution in [0.5, 0.6) is 5.75 Å². The Kier molecular flexibility index (Phi) is 11.2. The maximum atomic E-state index is 13.7. The predicted octanol–water partition coefficient (Wildman–Crippen LogP) is 7.14. The number of nitrogens with one attached hydrogen (secondary N) is 2. The number of sulfonamides is 1. The van der Waals surface area contributed by atoms with Crippen LogP contribution in [-0.2, 0) is 14.8 Å². The molecule has 1 unspecified atom stereocenters. The molecule has 54 heavy (non-hydrogen) atoms. The normalized spacial score (nSPS) is 20.8. The minimum atomic E-state index is -4.51. The Labute approximate surface area is 322 Å². The molecule has 0 aromatic heterocycles. The van der Waals surface area contributed by atoms with Gasteiger partial charge >= 0.3 is 0 Å². The molecule has 1 amide bonds. The lowest BCUT2D eigenvalue weighted by Crippen LogP contribution is -2.47. The summed E-state index contributed by atoms with van der Waals surface area (Å²) < 4.78 is 40.8.